The van der Waals surface area contributed by atoms with E-state index >= 15 is 0 Å². The number of esters is 2. The normalized spacial score (nSPS) is 10.4. The van der Waals surface area contributed by atoms with E-state index in [0.29, 0.717) is 29.2 Å². The van der Waals surface area contributed by atoms with Gasteiger partial charge in [-0.15, -0.1) is 0 Å². The third-order valence-corrected chi connectivity index (χ3v) is 3.39. The molecule has 6 heteroatoms. The molecule has 0 spiro atoms. The van der Waals surface area contributed by atoms with Crippen LogP contribution in [-0.2, 0) is 9.53 Å². The summed E-state index contributed by atoms with van der Waals surface area (Å²) in [4.78, 5) is 23.8. The van der Waals surface area contributed by atoms with Crippen LogP contribution in [0.4, 0.5) is 0 Å². The van der Waals surface area contributed by atoms with Gasteiger partial charge in [0.1, 0.15) is 0 Å². The largest absolute Gasteiger partial charge is 0.493 e. The third kappa shape index (κ3) is 4.86. The van der Waals surface area contributed by atoms with Crippen LogP contribution >= 0.6 is 0 Å². The van der Waals surface area contributed by atoms with E-state index in [1.807, 2.05) is 6.07 Å². The van der Waals surface area contributed by atoms with Crippen molar-refractivity contribution in [3.05, 3.63) is 59.7 Å². The predicted octanol–water partition coefficient (Wildman–Crippen LogP) is 3.50. The average Bonchev–Trinajstić information content (AvgIpc) is 2.67. The summed E-state index contributed by atoms with van der Waals surface area (Å²) in [6.07, 6.45) is 2.86. The zero-order chi connectivity index (χ0) is 18.9. The van der Waals surface area contributed by atoms with Crippen LogP contribution in [0.15, 0.2) is 48.5 Å². The molecule has 0 bridgehead atoms. The number of ether oxygens (including phenoxy) is 4. The first-order chi connectivity index (χ1) is 12.6. The van der Waals surface area contributed by atoms with Gasteiger partial charge in [-0.3, -0.25) is 0 Å². The Morgan fingerprint density at radius 3 is 2.15 bits per heavy atom. The maximum Gasteiger partial charge on any atom is 0.343 e. The molecule has 0 radical (unpaired) electrons. The minimum Gasteiger partial charge on any atom is -0.493 e. The SMILES string of the molecule is CCOC(=O)/C=C/c1cc(OC)c(OC(=O)c2ccccc2)c(OC)c1. The number of rotatable bonds is 7. The zero-order valence-corrected chi connectivity index (χ0v) is 14.9. The molecule has 0 saturated heterocycles. The van der Waals surface area contributed by atoms with Crippen molar-refractivity contribution in [2.45, 2.75) is 6.92 Å². The molecule has 0 N–H and O–H groups in total. The van der Waals surface area contributed by atoms with Crippen molar-refractivity contribution < 1.29 is 28.5 Å². The molecule has 0 aliphatic carbocycles. The molecule has 2 aromatic carbocycles. The Bertz CT molecular complexity index is 770. The van der Waals surface area contributed by atoms with Crippen LogP contribution in [0.25, 0.3) is 6.08 Å². The molecular formula is C20H20O6. The summed E-state index contributed by atoms with van der Waals surface area (Å²) >= 11 is 0. The fourth-order valence-corrected chi connectivity index (χ4v) is 2.18. The molecule has 26 heavy (non-hydrogen) atoms. The van der Waals surface area contributed by atoms with Gasteiger partial charge in [-0.05, 0) is 42.8 Å². The highest BCUT2D eigenvalue weighted by atomic mass is 16.6. The van der Waals surface area contributed by atoms with Crippen LogP contribution in [0, 0.1) is 0 Å². The summed E-state index contributed by atoms with van der Waals surface area (Å²) in [5, 5.41) is 0. The monoisotopic (exact) mass is 356 g/mol. The minimum absolute atomic E-state index is 0.164. The van der Waals surface area contributed by atoms with Crippen molar-refractivity contribution in [2.24, 2.45) is 0 Å². The van der Waals surface area contributed by atoms with Gasteiger partial charge in [-0.2, -0.15) is 0 Å². The number of hydrogen-bond donors (Lipinski definition) is 0. The van der Waals surface area contributed by atoms with Crippen molar-refractivity contribution in [2.75, 3.05) is 20.8 Å². The number of methoxy groups -OCH3 is 2. The summed E-state index contributed by atoms with van der Waals surface area (Å²) < 4.78 is 20.9. The van der Waals surface area contributed by atoms with Crippen molar-refractivity contribution in [3.63, 3.8) is 0 Å². The number of hydrogen-bond acceptors (Lipinski definition) is 6. The van der Waals surface area contributed by atoms with E-state index in [1.54, 1.807) is 49.4 Å². The van der Waals surface area contributed by atoms with Gasteiger partial charge in [0, 0.05) is 6.08 Å². The molecule has 0 saturated carbocycles. The molecule has 0 fully saturated rings. The first-order valence-electron chi connectivity index (χ1n) is 7.97. The van der Waals surface area contributed by atoms with Gasteiger partial charge < -0.3 is 18.9 Å². The van der Waals surface area contributed by atoms with Crippen LogP contribution in [0.5, 0.6) is 17.2 Å². The molecule has 0 unspecified atom stereocenters. The molecule has 0 aliphatic rings. The summed E-state index contributed by atoms with van der Waals surface area (Å²) in [5.41, 5.74) is 1.04. The second kappa shape index (κ2) is 9.27. The minimum atomic E-state index is -0.531. The van der Waals surface area contributed by atoms with E-state index in [0.717, 1.165) is 0 Å². The van der Waals surface area contributed by atoms with Crippen LogP contribution in [0.1, 0.15) is 22.8 Å². The first kappa shape index (κ1) is 19.1. The Balaban J connectivity index is 2.31. The highest BCUT2D eigenvalue weighted by molar-refractivity contribution is 5.92. The lowest BCUT2D eigenvalue weighted by Crippen LogP contribution is -2.10. The quantitative estimate of drug-likeness (QED) is 0.430. The van der Waals surface area contributed by atoms with Crippen LogP contribution in [-0.4, -0.2) is 32.8 Å². The molecule has 2 rings (SSSR count). The van der Waals surface area contributed by atoms with Crippen molar-refractivity contribution in [3.8, 4) is 17.2 Å². The van der Waals surface area contributed by atoms with Gasteiger partial charge in [-0.25, -0.2) is 9.59 Å². The van der Waals surface area contributed by atoms with E-state index in [-0.39, 0.29) is 5.75 Å². The molecule has 6 nitrogen and oxygen atoms in total. The molecule has 0 atom stereocenters. The second-order valence-electron chi connectivity index (χ2n) is 5.10. The first-order valence-corrected chi connectivity index (χ1v) is 7.97. The Morgan fingerprint density at radius 2 is 1.62 bits per heavy atom. The standard InChI is InChI=1S/C20H20O6/c1-4-25-18(21)11-10-14-12-16(23-2)19(17(13-14)24-3)26-20(22)15-8-6-5-7-9-15/h5-13H,4H2,1-3H3/b11-10+. The Hall–Kier alpha value is -3.28. The second-order valence-corrected chi connectivity index (χ2v) is 5.10. The van der Waals surface area contributed by atoms with Gasteiger partial charge in [0.25, 0.3) is 0 Å². The van der Waals surface area contributed by atoms with E-state index in [1.165, 1.54) is 20.3 Å². The average molecular weight is 356 g/mol. The highest BCUT2D eigenvalue weighted by Crippen LogP contribution is 2.39. The molecule has 0 aromatic heterocycles. The van der Waals surface area contributed by atoms with Crippen LogP contribution in [0.2, 0.25) is 0 Å². The summed E-state index contributed by atoms with van der Waals surface area (Å²) in [7, 11) is 2.90. The summed E-state index contributed by atoms with van der Waals surface area (Å²) in [6, 6.07) is 11.9. The number of carbonyl (C=O) groups is 2. The van der Waals surface area contributed by atoms with Crippen LogP contribution in [0.3, 0.4) is 0 Å². The fourth-order valence-electron chi connectivity index (χ4n) is 2.18. The molecule has 0 heterocycles. The van der Waals surface area contributed by atoms with Crippen molar-refractivity contribution >= 4 is 18.0 Å². The zero-order valence-electron chi connectivity index (χ0n) is 14.9. The van der Waals surface area contributed by atoms with E-state index in [9.17, 15) is 9.59 Å². The smallest absolute Gasteiger partial charge is 0.343 e. The lowest BCUT2D eigenvalue weighted by Gasteiger charge is -2.14. The van der Waals surface area contributed by atoms with Gasteiger partial charge in [0.15, 0.2) is 11.5 Å². The van der Waals surface area contributed by atoms with E-state index in [4.69, 9.17) is 18.9 Å². The van der Waals surface area contributed by atoms with Crippen molar-refractivity contribution in [1.82, 2.24) is 0 Å². The lowest BCUT2D eigenvalue weighted by atomic mass is 10.1. The third-order valence-electron chi connectivity index (χ3n) is 3.39. The number of benzene rings is 2. The Morgan fingerprint density at radius 1 is 1.00 bits per heavy atom. The highest BCUT2D eigenvalue weighted by Gasteiger charge is 2.18. The van der Waals surface area contributed by atoms with Gasteiger partial charge in [0.2, 0.25) is 5.75 Å². The predicted molar refractivity (Wildman–Crippen MR) is 96.6 cm³/mol. The summed E-state index contributed by atoms with van der Waals surface area (Å²) in [6.45, 7) is 2.03. The lowest BCUT2D eigenvalue weighted by molar-refractivity contribution is -0.137. The van der Waals surface area contributed by atoms with Gasteiger partial charge >= 0.3 is 11.9 Å². The van der Waals surface area contributed by atoms with Gasteiger partial charge in [0.05, 0.1) is 26.4 Å². The summed E-state index contributed by atoms with van der Waals surface area (Å²) in [5.74, 6) is -0.214. The maximum atomic E-state index is 12.3. The molecular weight excluding hydrogens is 336 g/mol. The molecule has 0 aliphatic heterocycles. The van der Waals surface area contributed by atoms with Crippen LogP contribution < -0.4 is 14.2 Å². The van der Waals surface area contributed by atoms with Gasteiger partial charge in [-0.1, -0.05) is 18.2 Å². The topological polar surface area (TPSA) is 71.1 Å². The molecule has 0 amide bonds. The van der Waals surface area contributed by atoms with Crippen molar-refractivity contribution in [1.29, 1.82) is 0 Å². The fraction of sp³-hybridized carbons (Fsp3) is 0.200. The number of carbonyl (C=O) groups excluding carboxylic acids is 2. The van der Waals surface area contributed by atoms with E-state index < -0.39 is 11.9 Å². The Kier molecular flexibility index (Phi) is 6.79. The molecule has 2 aromatic rings. The Labute approximate surface area is 151 Å². The maximum absolute atomic E-state index is 12.3. The molecule has 136 valence electrons. The van der Waals surface area contributed by atoms with E-state index in [2.05, 4.69) is 0 Å².